The number of ether oxygens (including phenoxy) is 2. The fourth-order valence-corrected chi connectivity index (χ4v) is 5.67. The minimum Gasteiger partial charge on any atom is -0.489 e. The van der Waals surface area contributed by atoms with Crippen molar-refractivity contribution in [1.82, 2.24) is 9.80 Å². The highest BCUT2D eigenvalue weighted by Crippen LogP contribution is 2.35. The molecule has 1 saturated carbocycles. The Morgan fingerprint density at radius 1 is 0.974 bits per heavy atom. The van der Waals surface area contributed by atoms with Crippen molar-refractivity contribution in [2.24, 2.45) is 0 Å². The standard InChI is InChI=1S/C31H36N2O6/c1-31(2,3)39-30(37)32-15-13-22(14-16-32)21-9-7-20(8-10-21)19-38-28-6-4-5-24-25(28)18-33(29(24)36)26-12-11-23(34)17-27(26)35/h4-10,22,26H,11-19H2,1-3H3. The highest BCUT2D eigenvalue weighted by molar-refractivity contribution is 6.07. The Bertz CT molecular complexity index is 1270. The summed E-state index contributed by atoms with van der Waals surface area (Å²) in [6.07, 6.45) is 2.18. The SMILES string of the molecule is CC(C)(C)OC(=O)N1CCC(c2ccc(COc3cccc4c3CN(C3CCC(=O)CC3=O)C4=O)cc2)CC1. The van der Waals surface area contributed by atoms with Crippen LogP contribution in [0.15, 0.2) is 42.5 Å². The Kier molecular flexibility index (Phi) is 7.47. The summed E-state index contributed by atoms with van der Waals surface area (Å²) < 4.78 is 11.7. The Labute approximate surface area is 229 Å². The minimum absolute atomic E-state index is 0.0540. The molecule has 0 N–H and O–H groups in total. The first-order valence-corrected chi connectivity index (χ1v) is 13.8. The summed E-state index contributed by atoms with van der Waals surface area (Å²) in [7, 11) is 0. The van der Waals surface area contributed by atoms with E-state index in [2.05, 4.69) is 24.3 Å². The third-order valence-electron chi connectivity index (χ3n) is 7.76. The van der Waals surface area contributed by atoms with Gasteiger partial charge in [0.05, 0.1) is 19.0 Å². The Hall–Kier alpha value is -3.68. The molecule has 2 aromatic rings. The number of fused-ring (bicyclic) bond motifs is 1. The molecule has 8 nitrogen and oxygen atoms in total. The summed E-state index contributed by atoms with van der Waals surface area (Å²) >= 11 is 0. The number of amides is 2. The van der Waals surface area contributed by atoms with Crippen LogP contribution in [0.5, 0.6) is 5.75 Å². The average molecular weight is 533 g/mol. The van der Waals surface area contributed by atoms with Gasteiger partial charge in [0.2, 0.25) is 0 Å². The van der Waals surface area contributed by atoms with Crippen LogP contribution in [-0.2, 0) is 27.5 Å². The predicted molar refractivity (Wildman–Crippen MR) is 145 cm³/mol. The van der Waals surface area contributed by atoms with E-state index in [1.807, 2.05) is 26.8 Å². The van der Waals surface area contributed by atoms with Crippen molar-refractivity contribution >= 4 is 23.6 Å². The van der Waals surface area contributed by atoms with Gasteiger partial charge in [-0.05, 0) is 69.2 Å². The van der Waals surface area contributed by atoms with Crippen LogP contribution in [0.2, 0.25) is 0 Å². The molecule has 8 heteroatoms. The van der Waals surface area contributed by atoms with Crippen molar-refractivity contribution in [1.29, 1.82) is 0 Å². The first-order valence-electron chi connectivity index (χ1n) is 13.8. The van der Waals surface area contributed by atoms with Gasteiger partial charge in [-0.1, -0.05) is 30.3 Å². The molecule has 0 aromatic heterocycles. The molecular formula is C31H36N2O6. The van der Waals surface area contributed by atoms with Gasteiger partial charge < -0.3 is 19.3 Å². The molecule has 2 aliphatic heterocycles. The van der Waals surface area contributed by atoms with Gasteiger partial charge in [0, 0.05) is 30.6 Å². The van der Waals surface area contributed by atoms with Crippen LogP contribution in [-0.4, -0.2) is 58.1 Å². The highest BCUT2D eigenvalue weighted by atomic mass is 16.6. The van der Waals surface area contributed by atoms with Gasteiger partial charge in [-0.15, -0.1) is 0 Å². The molecule has 39 heavy (non-hydrogen) atoms. The Morgan fingerprint density at radius 3 is 2.36 bits per heavy atom. The quantitative estimate of drug-likeness (QED) is 0.502. The van der Waals surface area contributed by atoms with Gasteiger partial charge in [0.25, 0.3) is 5.91 Å². The monoisotopic (exact) mass is 532 g/mol. The molecule has 0 radical (unpaired) electrons. The Balaban J connectivity index is 1.17. The molecule has 2 fully saturated rings. The number of piperidine rings is 1. The van der Waals surface area contributed by atoms with Crippen LogP contribution in [0.1, 0.15) is 85.8 Å². The highest BCUT2D eigenvalue weighted by Gasteiger charge is 2.40. The van der Waals surface area contributed by atoms with E-state index in [0.29, 0.717) is 56.3 Å². The van der Waals surface area contributed by atoms with E-state index < -0.39 is 11.6 Å². The van der Waals surface area contributed by atoms with Gasteiger partial charge >= 0.3 is 6.09 Å². The predicted octanol–water partition coefficient (Wildman–Crippen LogP) is 5.03. The maximum Gasteiger partial charge on any atom is 0.410 e. The summed E-state index contributed by atoms with van der Waals surface area (Å²) in [6, 6.07) is 13.3. The average Bonchev–Trinajstić information content (AvgIpc) is 3.23. The number of rotatable bonds is 5. The molecule has 2 heterocycles. The molecular weight excluding hydrogens is 496 g/mol. The molecule has 2 amide bonds. The molecule has 5 rings (SSSR count). The van der Waals surface area contributed by atoms with E-state index in [0.717, 1.165) is 24.0 Å². The second-order valence-corrected chi connectivity index (χ2v) is 11.7. The summed E-state index contributed by atoms with van der Waals surface area (Å²) in [6.45, 7) is 7.68. The number of benzene rings is 2. The fraction of sp³-hybridized carbons (Fsp3) is 0.484. The number of Topliss-reactive ketones (excluding diaryl/α,β-unsaturated/α-hetero) is 2. The molecule has 3 aliphatic rings. The van der Waals surface area contributed by atoms with Crippen molar-refractivity contribution < 1.29 is 28.7 Å². The van der Waals surface area contributed by atoms with E-state index in [4.69, 9.17) is 9.47 Å². The van der Waals surface area contributed by atoms with Crippen molar-refractivity contribution in [2.75, 3.05) is 13.1 Å². The maximum atomic E-state index is 13.1. The van der Waals surface area contributed by atoms with Crippen LogP contribution in [0.3, 0.4) is 0 Å². The number of hydrogen-bond acceptors (Lipinski definition) is 6. The molecule has 2 aromatic carbocycles. The lowest BCUT2D eigenvalue weighted by Gasteiger charge is -2.33. The number of hydrogen-bond donors (Lipinski definition) is 0. The Morgan fingerprint density at radius 2 is 1.69 bits per heavy atom. The van der Waals surface area contributed by atoms with Crippen LogP contribution in [0.25, 0.3) is 0 Å². The van der Waals surface area contributed by atoms with Crippen LogP contribution >= 0.6 is 0 Å². The summed E-state index contributed by atoms with van der Waals surface area (Å²) in [5.74, 6) is 0.629. The normalized spacial score (nSPS) is 20.3. The van der Waals surface area contributed by atoms with E-state index in [1.165, 1.54) is 5.56 Å². The molecule has 1 saturated heterocycles. The number of carbonyl (C=O) groups is 4. The molecule has 206 valence electrons. The summed E-state index contributed by atoms with van der Waals surface area (Å²) in [4.78, 5) is 52.9. The zero-order chi connectivity index (χ0) is 27.7. The largest absolute Gasteiger partial charge is 0.489 e. The smallest absolute Gasteiger partial charge is 0.410 e. The fourth-order valence-electron chi connectivity index (χ4n) is 5.67. The van der Waals surface area contributed by atoms with Gasteiger partial charge in [-0.3, -0.25) is 14.4 Å². The number of ketones is 2. The van der Waals surface area contributed by atoms with Gasteiger partial charge in [0.1, 0.15) is 23.7 Å². The first-order chi connectivity index (χ1) is 18.6. The third-order valence-corrected chi connectivity index (χ3v) is 7.76. The zero-order valence-electron chi connectivity index (χ0n) is 22.9. The minimum atomic E-state index is -0.543. The van der Waals surface area contributed by atoms with Crippen molar-refractivity contribution in [3.63, 3.8) is 0 Å². The molecule has 1 atom stereocenters. The number of carbonyl (C=O) groups excluding carboxylic acids is 4. The van der Waals surface area contributed by atoms with Crippen LogP contribution < -0.4 is 4.74 Å². The maximum absolute atomic E-state index is 13.1. The van der Waals surface area contributed by atoms with E-state index in [1.54, 1.807) is 21.9 Å². The molecule has 1 aliphatic carbocycles. The second kappa shape index (κ2) is 10.8. The topological polar surface area (TPSA) is 93.2 Å². The van der Waals surface area contributed by atoms with Gasteiger partial charge in [-0.25, -0.2) is 4.79 Å². The van der Waals surface area contributed by atoms with Gasteiger partial charge in [-0.2, -0.15) is 0 Å². The molecule has 0 spiro atoms. The van der Waals surface area contributed by atoms with E-state index in [9.17, 15) is 19.2 Å². The number of nitrogens with zero attached hydrogens (tertiary/aromatic N) is 2. The molecule has 0 bridgehead atoms. The first kappa shape index (κ1) is 26.9. The van der Waals surface area contributed by atoms with E-state index in [-0.39, 0.29) is 30.0 Å². The van der Waals surface area contributed by atoms with Crippen LogP contribution in [0, 0.1) is 0 Å². The zero-order valence-corrected chi connectivity index (χ0v) is 22.9. The van der Waals surface area contributed by atoms with Crippen molar-refractivity contribution in [3.05, 3.63) is 64.7 Å². The number of likely N-dealkylation sites (tertiary alicyclic amines) is 1. The lowest BCUT2D eigenvalue weighted by Crippen LogP contribution is -2.44. The van der Waals surface area contributed by atoms with E-state index >= 15 is 0 Å². The van der Waals surface area contributed by atoms with Gasteiger partial charge in [0.15, 0.2) is 5.78 Å². The van der Waals surface area contributed by atoms with Crippen molar-refractivity contribution in [3.8, 4) is 5.75 Å². The summed E-state index contributed by atoms with van der Waals surface area (Å²) in [5, 5.41) is 0. The molecule has 1 unspecified atom stereocenters. The lowest BCUT2D eigenvalue weighted by atomic mass is 9.89. The summed E-state index contributed by atoms with van der Waals surface area (Å²) in [5.41, 5.74) is 3.13. The van der Waals surface area contributed by atoms with Crippen LogP contribution in [0.4, 0.5) is 4.79 Å². The third kappa shape index (κ3) is 6.00. The lowest BCUT2D eigenvalue weighted by molar-refractivity contribution is -0.133. The van der Waals surface area contributed by atoms with Crippen molar-refractivity contribution in [2.45, 2.75) is 83.6 Å². The second-order valence-electron chi connectivity index (χ2n) is 11.7.